The molecule has 2 N–H and O–H groups in total. The minimum atomic E-state index is 0.0876. The molecule has 4 heteroatoms. The van der Waals surface area contributed by atoms with Crippen LogP contribution in [0.1, 0.15) is 40.2 Å². The number of carbonyl (C=O) groups is 1. The van der Waals surface area contributed by atoms with E-state index < -0.39 is 0 Å². The molecule has 0 saturated heterocycles. The summed E-state index contributed by atoms with van der Waals surface area (Å²) in [5.74, 6) is 0.554. The Morgan fingerprint density at radius 2 is 1.86 bits per heavy atom. The quantitative estimate of drug-likeness (QED) is 0.760. The first-order chi connectivity index (χ1) is 9.82. The number of benzene rings is 1. The molecule has 118 valence electrons. The molecule has 21 heavy (non-hydrogen) atoms. The molecule has 1 aromatic rings. The van der Waals surface area contributed by atoms with E-state index in [9.17, 15) is 4.79 Å². The van der Waals surface area contributed by atoms with Crippen LogP contribution in [0.2, 0.25) is 0 Å². The first-order valence-corrected chi connectivity index (χ1v) is 8.55. The summed E-state index contributed by atoms with van der Waals surface area (Å²) < 4.78 is 0. The second-order valence-electron chi connectivity index (χ2n) is 6.33. The third kappa shape index (κ3) is 7.00. The van der Waals surface area contributed by atoms with Gasteiger partial charge in [-0.25, -0.2) is 0 Å². The average Bonchev–Trinajstić information content (AvgIpc) is 2.43. The normalized spacial score (nSPS) is 13.0. The number of nitrogens with one attached hydrogen (secondary N) is 2. The van der Waals surface area contributed by atoms with Gasteiger partial charge in [0.05, 0.1) is 5.75 Å². The summed E-state index contributed by atoms with van der Waals surface area (Å²) >= 11 is 1.58. The molecule has 0 aliphatic carbocycles. The number of hydrogen-bond acceptors (Lipinski definition) is 3. The van der Waals surface area contributed by atoms with Gasteiger partial charge in [-0.1, -0.05) is 39.8 Å². The van der Waals surface area contributed by atoms with Gasteiger partial charge in [-0.15, -0.1) is 11.8 Å². The van der Waals surface area contributed by atoms with Crippen LogP contribution < -0.4 is 10.6 Å². The average molecular weight is 308 g/mol. The number of thioether (sulfide) groups is 1. The molecule has 0 aromatic heterocycles. The lowest BCUT2D eigenvalue weighted by Gasteiger charge is -2.19. The molecule has 0 fully saturated rings. The fraction of sp³-hybridized carbons (Fsp3) is 0.588. The number of rotatable bonds is 7. The standard InChI is InChI=1S/C17H28N2OS/c1-6-18-13(2)11-19-16(20)12-21-15-9-7-14(8-10-15)17(3,4)5/h7-10,13,18H,6,11-12H2,1-5H3,(H,19,20)/t13-/m1/s1. The van der Waals surface area contributed by atoms with Crippen molar-refractivity contribution < 1.29 is 4.79 Å². The van der Waals surface area contributed by atoms with Crippen molar-refractivity contribution in [2.75, 3.05) is 18.8 Å². The van der Waals surface area contributed by atoms with E-state index in [2.05, 4.69) is 69.5 Å². The first-order valence-electron chi connectivity index (χ1n) is 7.56. The van der Waals surface area contributed by atoms with Crippen LogP contribution in [0.3, 0.4) is 0 Å². The summed E-state index contributed by atoms with van der Waals surface area (Å²) in [7, 11) is 0. The SMILES string of the molecule is CCN[C@H](C)CNC(=O)CSc1ccc(C(C)(C)C)cc1. The van der Waals surface area contributed by atoms with Gasteiger partial charge < -0.3 is 10.6 Å². The fourth-order valence-corrected chi connectivity index (χ4v) is 2.67. The van der Waals surface area contributed by atoms with E-state index in [0.29, 0.717) is 18.3 Å². The lowest BCUT2D eigenvalue weighted by Crippen LogP contribution is -2.39. The van der Waals surface area contributed by atoms with Gasteiger partial charge >= 0.3 is 0 Å². The molecule has 0 aliphatic rings. The van der Waals surface area contributed by atoms with Crippen LogP contribution >= 0.6 is 11.8 Å². The van der Waals surface area contributed by atoms with Gasteiger partial charge in [-0.05, 0) is 36.6 Å². The first kappa shape index (κ1) is 18.1. The van der Waals surface area contributed by atoms with Crippen molar-refractivity contribution in [3.05, 3.63) is 29.8 Å². The Labute approximate surface area is 133 Å². The lowest BCUT2D eigenvalue weighted by atomic mass is 9.87. The monoisotopic (exact) mass is 308 g/mol. The molecule has 1 atom stereocenters. The van der Waals surface area contributed by atoms with Gasteiger partial charge in [-0.2, -0.15) is 0 Å². The third-order valence-corrected chi connectivity index (χ3v) is 4.26. The Morgan fingerprint density at radius 1 is 1.24 bits per heavy atom. The third-order valence-electron chi connectivity index (χ3n) is 3.25. The van der Waals surface area contributed by atoms with Crippen LogP contribution in [-0.2, 0) is 10.2 Å². The molecule has 1 amide bonds. The number of likely N-dealkylation sites (N-methyl/N-ethyl adjacent to an activating group) is 1. The fourth-order valence-electron chi connectivity index (χ4n) is 1.94. The Balaban J connectivity index is 2.36. The molecule has 0 unspecified atom stereocenters. The van der Waals surface area contributed by atoms with E-state index in [1.807, 2.05) is 0 Å². The number of carbonyl (C=O) groups excluding carboxylic acids is 1. The maximum absolute atomic E-state index is 11.8. The largest absolute Gasteiger partial charge is 0.354 e. The van der Waals surface area contributed by atoms with E-state index in [1.54, 1.807) is 11.8 Å². The molecular weight excluding hydrogens is 280 g/mol. The van der Waals surface area contributed by atoms with E-state index in [1.165, 1.54) is 5.56 Å². The van der Waals surface area contributed by atoms with Gasteiger partial charge in [0.25, 0.3) is 0 Å². The summed E-state index contributed by atoms with van der Waals surface area (Å²) in [5.41, 5.74) is 1.49. The van der Waals surface area contributed by atoms with Crippen LogP contribution in [0.4, 0.5) is 0 Å². The van der Waals surface area contributed by atoms with E-state index in [4.69, 9.17) is 0 Å². The van der Waals surface area contributed by atoms with Crippen molar-refractivity contribution in [1.82, 2.24) is 10.6 Å². The molecule has 0 aliphatic heterocycles. The highest BCUT2D eigenvalue weighted by Gasteiger charge is 2.13. The predicted molar refractivity (Wildman–Crippen MR) is 92.0 cm³/mol. The molecule has 0 radical (unpaired) electrons. The maximum atomic E-state index is 11.8. The van der Waals surface area contributed by atoms with Gasteiger partial charge in [-0.3, -0.25) is 4.79 Å². The van der Waals surface area contributed by atoms with Crippen molar-refractivity contribution in [2.24, 2.45) is 0 Å². The molecule has 0 heterocycles. The van der Waals surface area contributed by atoms with Crippen LogP contribution in [0, 0.1) is 0 Å². The summed E-state index contributed by atoms with van der Waals surface area (Å²) in [6.07, 6.45) is 0. The van der Waals surface area contributed by atoms with Crippen LogP contribution in [0.15, 0.2) is 29.2 Å². The van der Waals surface area contributed by atoms with Crippen molar-refractivity contribution in [1.29, 1.82) is 0 Å². The zero-order chi connectivity index (χ0) is 15.9. The number of amides is 1. The van der Waals surface area contributed by atoms with E-state index in [-0.39, 0.29) is 11.3 Å². The van der Waals surface area contributed by atoms with Crippen molar-refractivity contribution >= 4 is 17.7 Å². The smallest absolute Gasteiger partial charge is 0.230 e. The summed E-state index contributed by atoms with van der Waals surface area (Å²) in [4.78, 5) is 12.9. The van der Waals surface area contributed by atoms with Crippen molar-refractivity contribution in [3.63, 3.8) is 0 Å². The second-order valence-corrected chi connectivity index (χ2v) is 7.37. The molecule has 0 bridgehead atoms. The molecule has 3 nitrogen and oxygen atoms in total. The van der Waals surface area contributed by atoms with Crippen LogP contribution in [0.25, 0.3) is 0 Å². The highest BCUT2D eigenvalue weighted by atomic mass is 32.2. The zero-order valence-electron chi connectivity index (χ0n) is 13.8. The predicted octanol–water partition coefficient (Wildman–Crippen LogP) is 3.19. The second kappa shape index (κ2) is 8.44. The Kier molecular flexibility index (Phi) is 7.26. The van der Waals surface area contributed by atoms with Crippen LogP contribution in [0.5, 0.6) is 0 Å². The van der Waals surface area contributed by atoms with Gasteiger partial charge in [0.2, 0.25) is 5.91 Å². The highest BCUT2D eigenvalue weighted by Crippen LogP contribution is 2.25. The molecule has 1 aromatic carbocycles. The molecule has 0 saturated carbocycles. The van der Waals surface area contributed by atoms with Crippen molar-refractivity contribution in [3.8, 4) is 0 Å². The van der Waals surface area contributed by atoms with Gasteiger partial charge in [0, 0.05) is 17.5 Å². The topological polar surface area (TPSA) is 41.1 Å². The van der Waals surface area contributed by atoms with Gasteiger partial charge in [0.15, 0.2) is 0 Å². The lowest BCUT2D eigenvalue weighted by molar-refractivity contribution is -0.118. The van der Waals surface area contributed by atoms with Crippen LogP contribution in [-0.4, -0.2) is 30.8 Å². The Bertz CT molecular complexity index is 437. The minimum absolute atomic E-state index is 0.0876. The van der Waals surface area contributed by atoms with E-state index in [0.717, 1.165) is 11.4 Å². The number of hydrogen-bond donors (Lipinski definition) is 2. The van der Waals surface area contributed by atoms with Crippen molar-refractivity contribution in [2.45, 2.75) is 51.0 Å². The summed E-state index contributed by atoms with van der Waals surface area (Å²) in [6, 6.07) is 8.80. The van der Waals surface area contributed by atoms with Gasteiger partial charge in [0.1, 0.15) is 0 Å². The minimum Gasteiger partial charge on any atom is -0.354 e. The van der Waals surface area contributed by atoms with E-state index >= 15 is 0 Å². The maximum Gasteiger partial charge on any atom is 0.230 e. The molecule has 1 rings (SSSR count). The summed E-state index contributed by atoms with van der Waals surface area (Å²) in [5, 5.41) is 6.22. The summed E-state index contributed by atoms with van der Waals surface area (Å²) in [6.45, 7) is 12.3. The molecular formula is C17H28N2OS. The highest BCUT2D eigenvalue weighted by molar-refractivity contribution is 8.00. The Hall–Kier alpha value is -1.00. The molecule has 0 spiro atoms. The zero-order valence-corrected chi connectivity index (χ0v) is 14.6. The Morgan fingerprint density at radius 3 is 2.38 bits per heavy atom.